The molecular formula is C17H28IN7O. The Hall–Kier alpha value is -1.62. The van der Waals surface area contributed by atoms with E-state index in [2.05, 4.69) is 31.8 Å². The largest absolute Gasteiger partial charge is 0.370 e. The van der Waals surface area contributed by atoms with Gasteiger partial charge in [0.25, 0.3) is 0 Å². The smallest absolute Gasteiger partial charge is 0.194 e. The van der Waals surface area contributed by atoms with Gasteiger partial charge in [-0.25, -0.2) is 4.98 Å². The summed E-state index contributed by atoms with van der Waals surface area (Å²) in [6.45, 7) is 7.01. The van der Waals surface area contributed by atoms with Gasteiger partial charge in [-0.05, 0) is 13.3 Å². The van der Waals surface area contributed by atoms with Crippen LogP contribution in [0.2, 0.25) is 0 Å². The van der Waals surface area contributed by atoms with Crippen LogP contribution in [-0.2, 0) is 18.3 Å². The van der Waals surface area contributed by atoms with E-state index in [4.69, 9.17) is 9.73 Å². The minimum atomic E-state index is 0. The zero-order valence-corrected chi connectivity index (χ0v) is 17.7. The van der Waals surface area contributed by atoms with Crippen molar-refractivity contribution in [3.05, 3.63) is 36.7 Å². The predicted molar refractivity (Wildman–Crippen MR) is 112 cm³/mol. The van der Waals surface area contributed by atoms with Crippen molar-refractivity contribution < 1.29 is 4.74 Å². The van der Waals surface area contributed by atoms with Crippen LogP contribution in [0.5, 0.6) is 0 Å². The van der Waals surface area contributed by atoms with Crippen molar-refractivity contribution in [3.8, 4) is 0 Å². The third-order valence-electron chi connectivity index (χ3n) is 4.19. The van der Waals surface area contributed by atoms with E-state index in [0.717, 1.165) is 50.7 Å². The van der Waals surface area contributed by atoms with Crippen LogP contribution in [0.15, 0.2) is 36.1 Å². The fraction of sp³-hybridized carbons (Fsp3) is 0.588. The summed E-state index contributed by atoms with van der Waals surface area (Å²) in [6.07, 6.45) is 10.6. The van der Waals surface area contributed by atoms with Gasteiger partial charge in [-0.3, -0.25) is 9.67 Å². The topological polar surface area (TPSA) is 72.5 Å². The number of aryl methyl sites for hydroxylation is 2. The number of halogens is 1. The molecule has 2 aromatic rings. The summed E-state index contributed by atoms with van der Waals surface area (Å²) in [4.78, 5) is 11.1. The van der Waals surface area contributed by atoms with Crippen LogP contribution in [0.1, 0.15) is 25.0 Å². The van der Waals surface area contributed by atoms with Gasteiger partial charge in [-0.1, -0.05) is 0 Å². The van der Waals surface area contributed by atoms with Crippen molar-refractivity contribution >= 4 is 29.9 Å². The number of morpholine rings is 1. The molecule has 1 N–H and O–H groups in total. The second-order valence-electron chi connectivity index (χ2n) is 6.14. The van der Waals surface area contributed by atoms with Crippen molar-refractivity contribution in [1.29, 1.82) is 0 Å². The highest BCUT2D eigenvalue weighted by atomic mass is 127. The molecule has 1 saturated heterocycles. The standard InChI is InChI=1S/C17H27N7O.HI/c1-3-19-17(20-5-4-7-23-8-6-18-14-23)24-9-10-25-16(13-24)15-11-21-22(2)12-15;/h6,8,11-12,14,16H,3-5,7,9-10,13H2,1-2H3,(H,19,20);1H. The molecule has 0 saturated carbocycles. The summed E-state index contributed by atoms with van der Waals surface area (Å²) in [6, 6.07) is 0. The van der Waals surface area contributed by atoms with Crippen molar-refractivity contribution in [2.24, 2.45) is 12.0 Å². The number of rotatable bonds is 6. The number of nitrogens with one attached hydrogen (secondary N) is 1. The molecule has 3 rings (SSSR count). The second kappa shape index (κ2) is 10.5. The van der Waals surface area contributed by atoms with Gasteiger partial charge in [0.05, 0.1) is 25.7 Å². The van der Waals surface area contributed by atoms with Crippen LogP contribution in [0, 0.1) is 0 Å². The van der Waals surface area contributed by atoms with Crippen molar-refractivity contribution in [3.63, 3.8) is 0 Å². The Morgan fingerprint density at radius 1 is 1.46 bits per heavy atom. The number of aromatic nitrogens is 4. The van der Waals surface area contributed by atoms with E-state index in [1.807, 2.05) is 36.6 Å². The summed E-state index contributed by atoms with van der Waals surface area (Å²) in [5.74, 6) is 0.963. The number of hydrogen-bond donors (Lipinski definition) is 1. The lowest BCUT2D eigenvalue weighted by atomic mass is 10.1. The monoisotopic (exact) mass is 473 g/mol. The SMILES string of the molecule is CCNC(=NCCCn1ccnc1)N1CCOC(c2cnn(C)c2)C1.I. The van der Waals surface area contributed by atoms with Crippen molar-refractivity contribution in [1.82, 2.24) is 29.5 Å². The van der Waals surface area contributed by atoms with E-state index < -0.39 is 0 Å². The average Bonchev–Trinajstić information content (AvgIpc) is 3.29. The van der Waals surface area contributed by atoms with Gasteiger partial charge in [0.1, 0.15) is 6.10 Å². The molecular weight excluding hydrogens is 445 g/mol. The average molecular weight is 473 g/mol. The zero-order chi connectivity index (χ0) is 17.5. The fourth-order valence-corrected chi connectivity index (χ4v) is 2.93. The maximum Gasteiger partial charge on any atom is 0.194 e. The third kappa shape index (κ3) is 5.70. The van der Waals surface area contributed by atoms with Crippen LogP contribution >= 0.6 is 24.0 Å². The van der Waals surface area contributed by atoms with Gasteiger partial charge >= 0.3 is 0 Å². The number of nitrogens with zero attached hydrogens (tertiary/aromatic N) is 6. The predicted octanol–water partition coefficient (Wildman–Crippen LogP) is 1.66. The van der Waals surface area contributed by atoms with Gasteiger partial charge in [0.2, 0.25) is 0 Å². The lowest BCUT2D eigenvalue weighted by Crippen LogP contribution is -2.48. The van der Waals surface area contributed by atoms with Crippen LogP contribution in [0.4, 0.5) is 0 Å². The maximum atomic E-state index is 5.92. The summed E-state index contributed by atoms with van der Waals surface area (Å²) >= 11 is 0. The van der Waals surface area contributed by atoms with Crippen LogP contribution in [0.3, 0.4) is 0 Å². The number of guanidine groups is 1. The molecule has 0 bridgehead atoms. The molecule has 26 heavy (non-hydrogen) atoms. The number of imidazole rings is 1. The van der Waals surface area contributed by atoms with Gasteiger partial charge in [-0.15, -0.1) is 24.0 Å². The molecule has 8 nitrogen and oxygen atoms in total. The first-order valence-corrected chi connectivity index (χ1v) is 8.85. The summed E-state index contributed by atoms with van der Waals surface area (Å²) in [5.41, 5.74) is 1.11. The first kappa shape index (κ1) is 20.7. The molecule has 0 spiro atoms. The molecule has 144 valence electrons. The van der Waals surface area contributed by atoms with Crippen LogP contribution < -0.4 is 5.32 Å². The highest BCUT2D eigenvalue weighted by Gasteiger charge is 2.25. The molecule has 1 unspecified atom stereocenters. The minimum Gasteiger partial charge on any atom is -0.370 e. The Labute approximate surface area is 171 Å². The fourth-order valence-electron chi connectivity index (χ4n) is 2.93. The van der Waals surface area contributed by atoms with Gasteiger partial charge in [-0.2, -0.15) is 5.10 Å². The van der Waals surface area contributed by atoms with Crippen LogP contribution in [-0.4, -0.2) is 63.0 Å². The normalized spacial score (nSPS) is 17.8. The highest BCUT2D eigenvalue weighted by molar-refractivity contribution is 14.0. The van der Waals surface area contributed by atoms with Gasteiger partial charge in [0, 0.05) is 57.4 Å². The van der Waals surface area contributed by atoms with E-state index in [1.165, 1.54) is 0 Å². The molecule has 3 heterocycles. The molecule has 0 amide bonds. The first-order chi connectivity index (χ1) is 12.3. The maximum absolute atomic E-state index is 5.92. The Morgan fingerprint density at radius 2 is 2.35 bits per heavy atom. The number of hydrogen-bond acceptors (Lipinski definition) is 4. The van der Waals surface area contributed by atoms with E-state index in [1.54, 1.807) is 6.20 Å². The lowest BCUT2D eigenvalue weighted by Gasteiger charge is -2.34. The quantitative estimate of drug-likeness (QED) is 0.299. The van der Waals surface area contributed by atoms with Crippen molar-refractivity contribution in [2.45, 2.75) is 26.0 Å². The van der Waals surface area contributed by atoms with Crippen molar-refractivity contribution in [2.75, 3.05) is 32.8 Å². The Bertz CT molecular complexity index is 670. The minimum absolute atomic E-state index is 0. The molecule has 1 atom stereocenters. The van der Waals surface area contributed by atoms with Gasteiger partial charge < -0.3 is 19.5 Å². The van der Waals surface area contributed by atoms with Crippen LogP contribution in [0.25, 0.3) is 0 Å². The molecule has 1 aliphatic heterocycles. The number of ether oxygens (including phenoxy) is 1. The second-order valence-corrected chi connectivity index (χ2v) is 6.14. The van der Waals surface area contributed by atoms with E-state index >= 15 is 0 Å². The number of aliphatic imine (C=N–C) groups is 1. The molecule has 2 aromatic heterocycles. The summed E-state index contributed by atoms with van der Waals surface area (Å²) in [5, 5.41) is 7.65. The molecule has 0 radical (unpaired) electrons. The zero-order valence-electron chi connectivity index (χ0n) is 15.4. The summed E-state index contributed by atoms with van der Waals surface area (Å²) < 4.78 is 9.81. The Kier molecular flexibility index (Phi) is 8.36. The molecule has 0 aliphatic carbocycles. The molecule has 1 fully saturated rings. The summed E-state index contributed by atoms with van der Waals surface area (Å²) in [7, 11) is 1.93. The highest BCUT2D eigenvalue weighted by Crippen LogP contribution is 2.21. The lowest BCUT2D eigenvalue weighted by molar-refractivity contribution is -0.00804. The molecule has 0 aromatic carbocycles. The van der Waals surface area contributed by atoms with E-state index in [-0.39, 0.29) is 30.1 Å². The van der Waals surface area contributed by atoms with Gasteiger partial charge in [0.15, 0.2) is 5.96 Å². The Balaban J connectivity index is 0.00000243. The first-order valence-electron chi connectivity index (χ1n) is 8.85. The Morgan fingerprint density at radius 3 is 3.04 bits per heavy atom. The van der Waals surface area contributed by atoms with E-state index in [9.17, 15) is 0 Å². The third-order valence-corrected chi connectivity index (χ3v) is 4.19. The molecule has 9 heteroatoms. The molecule has 1 aliphatic rings. The van der Waals surface area contributed by atoms with E-state index in [0.29, 0.717) is 6.61 Å².